The van der Waals surface area contributed by atoms with Crippen LogP contribution < -0.4 is 5.32 Å². The summed E-state index contributed by atoms with van der Waals surface area (Å²) in [5.41, 5.74) is 0.780. The number of nitrogens with zero attached hydrogens (tertiary/aromatic N) is 1. The van der Waals surface area contributed by atoms with Gasteiger partial charge < -0.3 is 10.2 Å². The molecule has 0 radical (unpaired) electrons. The van der Waals surface area contributed by atoms with Crippen LogP contribution in [-0.2, 0) is 6.54 Å². The SMILES string of the molecule is CN(CCNCC1CCCCC1)Cc1ccccc1F. The lowest BCUT2D eigenvalue weighted by Crippen LogP contribution is -2.32. The molecule has 1 aliphatic rings. The van der Waals surface area contributed by atoms with Crippen LogP contribution in [0, 0.1) is 11.7 Å². The van der Waals surface area contributed by atoms with E-state index in [2.05, 4.69) is 17.3 Å². The molecule has 0 bridgehead atoms. The summed E-state index contributed by atoms with van der Waals surface area (Å²) in [4.78, 5) is 2.17. The van der Waals surface area contributed by atoms with E-state index in [1.165, 1.54) is 38.2 Å². The monoisotopic (exact) mass is 278 g/mol. The van der Waals surface area contributed by atoms with E-state index in [0.717, 1.165) is 31.1 Å². The lowest BCUT2D eigenvalue weighted by atomic mass is 9.89. The number of hydrogen-bond acceptors (Lipinski definition) is 2. The number of rotatable bonds is 7. The van der Waals surface area contributed by atoms with Crippen molar-refractivity contribution in [2.75, 3.05) is 26.7 Å². The van der Waals surface area contributed by atoms with Crippen LogP contribution in [0.25, 0.3) is 0 Å². The Morgan fingerprint density at radius 1 is 1.20 bits per heavy atom. The highest BCUT2D eigenvalue weighted by molar-refractivity contribution is 5.16. The Kier molecular flexibility index (Phi) is 6.48. The largest absolute Gasteiger partial charge is 0.315 e. The molecule has 0 amide bonds. The van der Waals surface area contributed by atoms with Gasteiger partial charge in [-0.2, -0.15) is 0 Å². The maximum Gasteiger partial charge on any atom is 0.127 e. The van der Waals surface area contributed by atoms with E-state index in [4.69, 9.17) is 0 Å². The van der Waals surface area contributed by atoms with E-state index in [0.29, 0.717) is 6.54 Å². The van der Waals surface area contributed by atoms with Crippen LogP contribution in [0.3, 0.4) is 0 Å². The molecule has 1 fully saturated rings. The molecule has 0 heterocycles. The third-order valence-electron chi connectivity index (χ3n) is 4.23. The molecule has 1 aromatic rings. The predicted octanol–water partition coefficient (Wildman–Crippen LogP) is 3.43. The molecule has 20 heavy (non-hydrogen) atoms. The standard InChI is InChI=1S/C17H27FN2/c1-20(14-16-9-5-6-10-17(16)18)12-11-19-13-15-7-3-2-4-8-15/h5-6,9-10,15,19H,2-4,7-8,11-14H2,1H3. The average Bonchev–Trinajstić information content (AvgIpc) is 2.47. The van der Waals surface area contributed by atoms with E-state index in [1.807, 2.05) is 12.1 Å². The van der Waals surface area contributed by atoms with Gasteiger partial charge in [-0.05, 0) is 38.4 Å². The first-order valence-electron chi connectivity index (χ1n) is 7.88. The lowest BCUT2D eigenvalue weighted by Gasteiger charge is -2.23. The Morgan fingerprint density at radius 3 is 2.70 bits per heavy atom. The maximum absolute atomic E-state index is 13.5. The summed E-state index contributed by atoms with van der Waals surface area (Å²) in [6.07, 6.45) is 7.00. The summed E-state index contributed by atoms with van der Waals surface area (Å²) < 4.78 is 13.5. The first-order chi connectivity index (χ1) is 9.75. The van der Waals surface area contributed by atoms with Crippen LogP contribution in [0.4, 0.5) is 4.39 Å². The number of hydrogen-bond donors (Lipinski definition) is 1. The van der Waals surface area contributed by atoms with Gasteiger partial charge in [0.1, 0.15) is 5.82 Å². The molecule has 1 aliphatic carbocycles. The number of halogens is 1. The third-order valence-corrected chi connectivity index (χ3v) is 4.23. The van der Waals surface area contributed by atoms with Crippen molar-refractivity contribution >= 4 is 0 Å². The average molecular weight is 278 g/mol. The Morgan fingerprint density at radius 2 is 1.95 bits per heavy atom. The van der Waals surface area contributed by atoms with Crippen molar-refractivity contribution in [2.24, 2.45) is 5.92 Å². The first kappa shape index (κ1) is 15.5. The molecule has 3 heteroatoms. The molecule has 0 unspecified atom stereocenters. The second kappa shape index (κ2) is 8.38. The van der Waals surface area contributed by atoms with E-state index in [9.17, 15) is 4.39 Å². The van der Waals surface area contributed by atoms with Gasteiger partial charge in [-0.1, -0.05) is 37.5 Å². The topological polar surface area (TPSA) is 15.3 Å². The fourth-order valence-electron chi connectivity index (χ4n) is 2.96. The normalized spacial score (nSPS) is 16.8. The molecule has 0 aliphatic heterocycles. The molecule has 2 nitrogen and oxygen atoms in total. The Hall–Kier alpha value is -0.930. The maximum atomic E-state index is 13.5. The van der Waals surface area contributed by atoms with Crippen molar-refractivity contribution in [3.05, 3.63) is 35.6 Å². The zero-order chi connectivity index (χ0) is 14.2. The van der Waals surface area contributed by atoms with E-state index in [1.54, 1.807) is 6.07 Å². The van der Waals surface area contributed by atoms with Crippen molar-refractivity contribution in [3.63, 3.8) is 0 Å². The highest BCUT2D eigenvalue weighted by Crippen LogP contribution is 2.22. The predicted molar refractivity (Wildman–Crippen MR) is 82.2 cm³/mol. The fourth-order valence-corrected chi connectivity index (χ4v) is 2.96. The second-order valence-electron chi connectivity index (χ2n) is 6.04. The van der Waals surface area contributed by atoms with Gasteiger partial charge in [-0.25, -0.2) is 4.39 Å². The second-order valence-corrected chi connectivity index (χ2v) is 6.04. The molecule has 0 saturated heterocycles. The van der Waals surface area contributed by atoms with Gasteiger partial charge in [0.05, 0.1) is 0 Å². The third kappa shape index (κ3) is 5.22. The van der Waals surface area contributed by atoms with Crippen LogP contribution >= 0.6 is 0 Å². The summed E-state index contributed by atoms with van der Waals surface area (Å²) in [5, 5.41) is 3.55. The van der Waals surface area contributed by atoms with Crippen LogP contribution in [0.5, 0.6) is 0 Å². The molecular weight excluding hydrogens is 251 g/mol. The van der Waals surface area contributed by atoms with Gasteiger partial charge in [0.25, 0.3) is 0 Å². The molecule has 0 aromatic heterocycles. The van der Waals surface area contributed by atoms with Crippen molar-refractivity contribution < 1.29 is 4.39 Å². The van der Waals surface area contributed by atoms with Crippen molar-refractivity contribution in [1.29, 1.82) is 0 Å². The molecule has 2 rings (SSSR count). The van der Waals surface area contributed by atoms with E-state index < -0.39 is 0 Å². The number of nitrogens with one attached hydrogen (secondary N) is 1. The summed E-state index contributed by atoms with van der Waals surface area (Å²) in [5.74, 6) is 0.773. The van der Waals surface area contributed by atoms with Gasteiger partial charge in [-0.3, -0.25) is 0 Å². The van der Waals surface area contributed by atoms with Crippen LogP contribution in [-0.4, -0.2) is 31.6 Å². The minimum Gasteiger partial charge on any atom is -0.315 e. The Labute approximate surface area is 122 Å². The van der Waals surface area contributed by atoms with Gasteiger partial charge in [0.15, 0.2) is 0 Å². The summed E-state index contributed by atoms with van der Waals surface area (Å²) in [7, 11) is 2.05. The molecule has 1 saturated carbocycles. The number of likely N-dealkylation sites (N-methyl/N-ethyl adjacent to an activating group) is 1. The molecule has 0 spiro atoms. The fraction of sp³-hybridized carbons (Fsp3) is 0.647. The number of benzene rings is 1. The van der Waals surface area contributed by atoms with Gasteiger partial charge in [0.2, 0.25) is 0 Å². The highest BCUT2D eigenvalue weighted by Gasteiger charge is 2.12. The van der Waals surface area contributed by atoms with Crippen molar-refractivity contribution in [2.45, 2.75) is 38.6 Å². The van der Waals surface area contributed by atoms with E-state index in [-0.39, 0.29) is 5.82 Å². The van der Waals surface area contributed by atoms with E-state index >= 15 is 0 Å². The zero-order valence-electron chi connectivity index (χ0n) is 12.6. The minimum absolute atomic E-state index is 0.102. The zero-order valence-corrected chi connectivity index (χ0v) is 12.6. The quantitative estimate of drug-likeness (QED) is 0.769. The molecule has 0 atom stereocenters. The highest BCUT2D eigenvalue weighted by atomic mass is 19.1. The van der Waals surface area contributed by atoms with Gasteiger partial charge >= 0.3 is 0 Å². The van der Waals surface area contributed by atoms with Gasteiger partial charge in [-0.15, -0.1) is 0 Å². The Bertz CT molecular complexity index is 388. The van der Waals surface area contributed by atoms with Crippen LogP contribution in [0.15, 0.2) is 24.3 Å². The lowest BCUT2D eigenvalue weighted by molar-refractivity contribution is 0.301. The van der Waals surface area contributed by atoms with Gasteiger partial charge in [0, 0.05) is 25.2 Å². The smallest absolute Gasteiger partial charge is 0.127 e. The molecule has 1 aromatic carbocycles. The summed E-state index contributed by atoms with van der Waals surface area (Å²) in [6.45, 7) is 3.77. The van der Waals surface area contributed by atoms with Crippen molar-refractivity contribution in [3.8, 4) is 0 Å². The summed E-state index contributed by atoms with van der Waals surface area (Å²) >= 11 is 0. The summed E-state index contributed by atoms with van der Waals surface area (Å²) in [6, 6.07) is 7.03. The Balaban J connectivity index is 1.60. The van der Waals surface area contributed by atoms with Crippen LogP contribution in [0.2, 0.25) is 0 Å². The van der Waals surface area contributed by atoms with Crippen molar-refractivity contribution in [1.82, 2.24) is 10.2 Å². The molecular formula is C17H27FN2. The van der Waals surface area contributed by atoms with Crippen LogP contribution in [0.1, 0.15) is 37.7 Å². The minimum atomic E-state index is -0.102. The molecule has 112 valence electrons. The molecule has 1 N–H and O–H groups in total. The first-order valence-corrected chi connectivity index (χ1v) is 7.88.